The molecule has 0 saturated carbocycles. The number of carbonyl (C=O) groups excluding carboxylic acids is 1. The van der Waals surface area contributed by atoms with Crippen molar-refractivity contribution in [3.05, 3.63) is 18.2 Å². The molecule has 0 aromatic carbocycles. The van der Waals surface area contributed by atoms with E-state index in [1.54, 1.807) is 0 Å². The molecule has 0 aliphatic carbocycles. The van der Waals surface area contributed by atoms with E-state index in [0.717, 1.165) is 52.0 Å². The maximum absolute atomic E-state index is 13.1. The first kappa shape index (κ1) is 15.7. The van der Waals surface area contributed by atoms with Crippen molar-refractivity contribution in [2.24, 2.45) is 5.92 Å². The minimum absolute atomic E-state index is 0.225. The minimum atomic E-state index is -0.422. The zero-order valence-corrected chi connectivity index (χ0v) is 13.7. The number of fused-ring (bicyclic) bond motifs is 1. The quantitative estimate of drug-likeness (QED) is 0.841. The van der Waals surface area contributed by atoms with Gasteiger partial charge in [0.25, 0.3) is 0 Å². The average molecular weight is 334 g/mol. The average Bonchev–Trinajstić information content (AvgIpc) is 3.03. The largest absolute Gasteiger partial charge is 0.381 e. The van der Waals surface area contributed by atoms with Gasteiger partial charge in [-0.2, -0.15) is 0 Å². The summed E-state index contributed by atoms with van der Waals surface area (Å²) in [7, 11) is 0. The first-order valence-electron chi connectivity index (χ1n) is 8.84. The Morgan fingerprint density at radius 3 is 2.62 bits per heavy atom. The van der Waals surface area contributed by atoms with Crippen LogP contribution < -0.4 is 4.90 Å². The van der Waals surface area contributed by atoms with Crippen LogP contribution in [0.5, 0.6) is 0 Å². The number of likely N-dealkylation sites (tertiary alicyclic amines) is 1. The molecule has 3 aliphatic heterocycles. The van der Waals surface area contributed by atoms with Crippen LogP contribution in [0.3, 0.4) is 0 Å². The fourth-order valence-corrected chi connectivity index (χ4v) is 4.30. The third-order valence-electron chi connectivity index (χ3n) is 5.54. The van der Waals surface area contributed by atoms with Gasteiger partial charge in [-0.3, -0.25) is 4.79 Å². The van der Waals surface area contributed by atoms with E-state index in [9.17, 15) is 9.18 Å². The number of rotatable bonds is 3. The second-order valence-corrected chi connectivity index (χ2v) is 6.96. The topological polar surface area (TPSA) is 58.6 Å². The first-order valence-corrected chi connectivity index (χ1v) is 8.84. The molecule has 3 aliphatic rings. The van der Waals surface area contributed by atoms with Gasteiger partial charge in [0, 0.05) is 32.7 Å². The summed E-state index contributed by atoms with van der Waals surface area (Å²) in [6, 6.07) is 0.468. The van der Waals surface area contributed by atoms with Gasteiger partial charge in [-0.15, -0.1) is 0 Å². The van der Waals surface area contributed by atoms with E-state index in [1.807, 2.05) is 0 Å². The van der Waals surface area contributed by atoms with Gasteiger partial charge in [-0.1, -0.05) is 0 Å². The van der Waals surface area contributed by atoms with Crippen LogP contribution in [0.4, 0.5) is 10.3 Å². The van der Waals surface area contributed by atoms with Crippen molar-refractivity contribution in [1.82, 2.24) is 14.9 Å². The summed E-state index contributed by atoms with van der Waals surface area (Å²) in [5.41, 5.74) is 0. The van der Waals surface area contributed by atoms with Crippen LogP contribution in [0.1, 0.15) is 32.1 Å². The second kappa shape index (κ2) is 6.63. The number of carbonyl (C=O) groups is 1. The number of aromatic nitrogens is 2. The first-order chi connectivity index (χ1) is 11.7. The molecule has 1 amide bonds. The Bertz CT molecular complexity index is 591. The molecule has 4 rings (SSSR count). The molecule has 0 N–H and O–H groups in total. The van der Waals surface area contributed by atoms with Crippen LogP contribution in [0.25, 0.3) is 0 Å². The fraction of sp³-hybridized carbons (Fsp3) is 0.706. The summed E-state index contributed by atoms with van der Waals surface area (Å²) in [6.45, 7) is 3.26. The van der Waals surface area contributed by atoms with Crippen molar-refractivity contribution in [3.63, 3.8) is 0 Å². The maximum Gasteiger partial charge on any atom is 0.225 e. The number of nitrogens with zero attached hydrogens (tertiary/aromatic N) is 4. The minimum Gasteiger partial charge on any atom is -0.381 e. The molecule has 0 unspecified atom stereocenters. The normalized spacial score (nSPS) is 28.3. The lowest BCUT2D eigenvalue weighted by Gasteiger charge is -2.41. The molecule has 0 spiro atoms. The number of amides is 1. The molecule has 7 heteroatoms. The Balaban J connectivity index is 1.49. The lowest BCUT2D eigenvalue weighted by atomic mass is 9.92. The third kappa shape index (κ3) is 2.97. The van der Waals surface area contributed by atoms with Crippen LogP contribution in [-0.2, 0) is 9.53 Å². The lowest BCUT2D eigenvalue weighted by molar-refractivity contribution is -0.137. The Morgan fingerprint density at radius 2 is 1.88 bits per heavy atom. The summed E-state index contributed by atoms with van der Waals surface area (Å²) in [5, 5.41) is 0. The van der Waals surface area contributed by atoms with Gasteiger partial charge in [-0.05, 0) is 31.6 Å². The number of hydrogen-bond acceptors (Lipinski definition) is 5. The molecule has 3 fully saturated rings. The van der Waals surface area contributed by atoms with E-state index in [1.165, 1.54) is 12.4 Å². The summed E-state index contributed by atoms with van der Waals surface area (Å²) in [5.74, 6) is 0.959. The van der Waals surface area contributed by atoms with Gasteiger partial charge in [-0.25, -0.2) is 14.4 Å². The van der Waals surface area contributed by atoms with Gasteiger partial charge in [0.15, 0.2) is 5.82 Å². The standard InChI is InChI=1S/C17H23FN4O2/c18-13-9-19-17(20-10-13)21-6-3-15-14(21)1-2-16(23)22(15)11-12-4-7-24-8-5-12/h9-10,12,14-15H,1-8,11H2/t14-,15-/m1/s1. The lowest BCUT2D eigenvalue weighted by Crippen LogP contribution is -2.54. The zero-order chi connectivity index (χ0) is 16.5. The van der Waals surface area contributed by atoms with Crippen molar-refractivity contribution in [3.8, 4) is 0 Å². The number of piperidine rings is 1. The fourth-order valence-electron chi connectivity index (χ4n) is 4.30. The summed E-state index contributed by atoms with van der Waals surface area (Å²) >= 11 is 0. The van der Waals surface area contributed by atoms with Gasteiger partial charge in [0.2, 0.25) is 11.9 Å². The molecule has 3 saturated heterocycles. The summed E-state index contributed by atoms with van der Waals surface area (Å²) in [6.07, 6.45) is 6.82. The van der Waals surface area contributed by atoms with E-state index in [0.29, 0.717) is 18.3 Å². The van der Waals surface area contributed by atoms with Crippen LogP contribution in [0.2, 0.25) is 0 Å². The van der Waals surface area contributed by atoms with Crippen molar-refractivity contribution in [1.29, 1.82) is 0 Å². The highest BCUT2D eigenvalue weighted by Crippen LogP contribution is 2.34. The molecule has 2 atom stereocenters. The summed E-state index contributed by atoms with van der Waals surface area (Å²) < 4.78 is 18.5. The van der Waals surface area contributed by atoms with Crippen molar-refractivity contribution in [2.45, 2.75) is 44.2 Å². The Kier molecular flexibility index (Phi) is 4.35. The van der Waals surface area contributed by atoms with Crippen molar-refractivity contribution in [2.75, 3.05) is 31.2 Å². The van der Waals surface area contributed by atoms with Gasteiger partial charge >= 0.3 is 0 Å². The molecule has 6 nitrogen and oxygen atoms in total. The molecular formula is C17H23FN4O2. The SMILES string of the molecule is O=C1CC[C@@H]2[C@@H](CCN2c2ncc(F)cn2)N1CC1CCOCC1. The molecule has 1 aromatic heterocycles. The molecule has 0 bridgehead atoms. The van der Waals surface area contributed by atoms with Gasteiger partial charge in [0.1, 0.15) is 0 Å². The van der Waals surface area contributed by atoms with Crippen molar-refractivity contribution < 1.29 is 13.9 Å². The van der Waals surface area contributed by atoms with E-state index in [2.05, 4.69) is 19.8 Å². The Labute approximate surface area is 141 Å². The molecule has 0 radical (unpaired) electrons. The number of halogens is 1. The third-order valence-corrected chi connectivity index (χ3v) is 5.54. The van der Waals surface area contributed by atoms with E-state index >= 15 is 0 Å². The van der Waals surface area contributed by atoms with E-state index < -0.39 is 5.82 Å². The predicted molar refractivity (Wildman–Crippen MR) is 86.0 cm³/mol. The smallest absolute Gasteiger partial charge is 0.225 e. The van der Waals surface area contributed by atoms with Crippen LogP contribution >= 0.6 is 0 Å². The highest BCUT2D eigenvalue weighted by molar-refractivity contribution is 5.78. The van der Waals surface area contributed by atoms with Gasteiger partial charge in [0.05, 0.1) is 24.5 Å². The Hall–Kier alpha value is -1.76. The molecule has 4 heterocycles. The highest BCUT2D eigenvalue weighted by Gasteiger charge is 2.44. The monoisotopic (exact) mass is 334 g/mol. The zero-order valence-electron chi connectivity index (χ0n) is 13.7. The van der Waals surface area contributed by atoms with Crippen LogP contribution in [-0.4, -0.2) is 59.2 Å². The van der Waals surface area contributed by atoms with E-state index in [4.69, 9.17) is 4.74 Å². The number of hydrogen-bond donors (Lipinski definition) is 0. The highest BCUT2D eigenvalue weighted by atomic mass is 19.1. The molecule has 24 heavy (non-hydrogen) atoms. The predicted octanol–water partition coefficient (Wildman–Crippen LogP) is 1.61. The maximum atomic E-state index is 13.1. The van der Waals surface area contributed by atoms with Crippen LogP contribution in [0, 0.1) is 11.7 Å². The summed E-state index contributed by atoms with van der Waals surface area (Å²) in [4.78, 5) is 25.0. The number of anilines is 1. The van der Waals surface area contributed by atoms with E-state index in [-0.39, 0.29) is 18.0 Å². The molecular weight excluding hydrogens is 311 g/mol. The van der Waals surface area contributed by atoms with Gasteiger partial charge < -0.3 is 14.5 Å². The Morgan fingerprint density at radius 1 is 1.12 bits per heavy atom. The molecule has 1 aromatic rings. The molecule has 130 valence electrons. The second-order valence-electron chi connectivity index (χ2n) is 6.96. The number of ether oxygens (including phenoxy) is 1. The van der Waals surface area contributed by atoms with Crippen LogP contribution in [0.15, 0.2) is 12.4 Å². The van der Waals surface area contributed by atoms with Crippen molar-refractivity contribution >= 4 is 11.9 Å².